The van der Waals surface area contributed by atoms with Crippen molar-refractivity contribution in [3.63, 3.8) is 0 Å². The Balaban J connectivity index is 2.86. The summed E-state index contributed by atoms with van der Waals surface area (Å²) < 4.78 is 15.5. The number of methoxy groups -OCH3 is 1. The molecule has 9 heteroatoms. The fraction of sp³-hybridized carbons (Fsp3) is 0.824. The van der Waals surface area contributed by atoms with Crippen molar-refractivity contribution in [1.82, 2.24) is 15.5 Å². The van der Waals surface area contributed by atoms with Crippen LogP contribution in [0.5, 0.6) is 0 Å². The Bertz CT molecular complexity index is 503. The van der Waals surface area contributed by atoms with Crippen LogP contribution < -0.4 is 10.6 Å². The van der Waals surface area contributed by atoms with Gasteiger partial charge in [-0.25, -0.2) is 4.79 Å². The molecule has 9 nitrogen and oxygen atoms in total. The maximum absolute atomic E-state index is 12.5. The predicted octanol–water partition coefficient (Wildman–Crippen LogP) is 0.278. The zero-order valence-electron chi connectivity index (χ0n) is 16.5. The number of amides is 2. The average Bonchev–Trinajstić information content (AvgIpc) is 2.52. The number of alkyl carbamates (subject to hydrolysis) is 1. The molecule has 0 saturated carbocycles. The van der Waals surface area contributed by atoms with E-state index in [-0.39, 0.29) is 25.1 Å². The minimum absolute atomic E-state index is 0.0347. The lowest BCUT2D eigenvalue weighted by Gasteiger charge is -2.39. The number of hydrogen-bond acceptors (Lipinski definition) is 7. The molecule has 2 unspecified atom stereocenters. The molecular weight excluding hydrogens is 342 g/mol. The minimum atomic E-state index is -0.820. The van der Waals surface area contributed by atoms with Gasteiger partial charge in [0.25, 0.3) is 0 Å². The fourth-order valence-electron chi connectivity index (χ4n) is 2.56. The molecule has 0 aromatic carbocycles. The summed E-state index contributed by atoms with van der Waals surface area (Å²) in [5.74, 6) is -0.767. The van der Waals surface area contributed by atoms with Gasteiger partial charge in [0, 0.05) is 19.1 Å². The molecule has 1 fully saturated rings. The summed E-state index contributed by atoms with van der Waals surface area (Å²) >= 11 is 0. The van der Waals surface area contributed by atoms with Gasteiger partial charge in [0.2, 0.25) is 5.91 Å². The molecule has 0 radical (unpaired) electrons. The molecule has 2 amide bonds. The molecule has 1 aliphatic heterocycles. The van der Waals surface area contributed by atoms with Crippen LogP contribution in [-0.2, 0) is 23.8 Å². The van der Waals surface area contributed by atoms with Crippen molar-refractivity contribution in [3.8, 4) is 0 Å². The smallest absolute Gasteiger partial charge is 0.407 e. The van der Waals surface area contributed by atoms with E-state index in [9.17, 15) is 14.4 Å². The van der Waals surface area contributed by atoms with Gasteiger partial charge in [0.1, 0.15) is 17.7 Å². The lowest BCUT2D eigenvalue weighted by atomic mass is 10.1. The van der Waals surface area contributed by atoms with Crippen molar-refractivity contribution in [1.29, 1.82) is 0 Å². The van der Waals surface area contributed by atoms with Gasteiger partial charge in [-0.15, -0.1) is 0 Å². The molecule has 1 rings (SSSR count). The number of carbonyl (C=O) groups is 3. The summed E-state index contributed by atoms with van der Waals surface area (Å²) in [5.41, 5.74) is -0.649. The van der Waals surface area contributed by atoms with Gasteiger partial charge >= 0.3 is 12.1 Å². The SMILES string of the molecule is COC(=O)C(CNC(=O)OC(C)(C)C)N1CCOCC1C(=O)NC(C)C. The summed E-state index contributed by atoms with van der Waals surface area (Å²) in [5, 5.41) is 5.40. The van der Waals surface area contributed by atoms with Crippen molar-refractivity contribution in [2.75, 3.05) is 33.4 Å². The van der Waals surface area contributed by atoms with Crippen LogP contribution in [0.1, 0.15) is 34.6 Å². The normalized spacial score (nSPS) is 19.6. The van der Waals surface area contributed by atoms with Gasteiger partial charge in [0.15, 0.2) is 0 Å². The van der Waals surface area contributed by atoms with Gasteiger partial charge in [-0.2, -0.15) is 0 Å². The molecule has 1 saturated heterocycles. The second kappa shape index (κ2) is 9.72. The number of morpholine rings is 1. The van der Waals surface area contributed by atoms with E-state index in [2.05, 4.69) is 10.6 Å². The van der Waals surface area contributed by atoms with Crippen LogP contribution in [0.25, 0.3) is 0 Å². The molecule has 0 bridgehead atoms. The minimum Gasteiger partial charge on any atom is -0.468 e. The number of nitrogens with zero attached hydrogens (tertiary/aromatic N) is 1. The van der Waals surface area contributed by atoms with Crippen molar-refractivity contribution in [2.24, 2.45) is 0 Å². The van der Waals surface area contributed by atoms with E-state index in [0.29, 0.717) is 13.2 Å². The summed E-state index contributed by atoms with van der Waals surface area (Å²) in [7, 11) is 1.27. The highest BCUT2D eigenvalue weighted by Crippen LogP contribution is 2.14. The first-order chi connectivity index (χ1) is 12.0. The van der Waals surface area contributed by atoms with Gasteiger partial charge in [-0.3, -0.25) is 14.5 Å². The molecule has 0 aliphatic carbocycles. The molecule has 1 heterocycles. The van der Waals surface area contributed by atoms with Crippen LogP contribution in [0.4, 0.5) is 4.79 Å². The molecule has 1 aliphatic rings. The third-order valence-corrected chi connectivity index (χ3v) is 3.62. The quantitative estimate of drug-likeness (QED) is 0.644. The standard InChI is InChI=1S/C17H31N3O6/c1-11(2)19-14(21)13-10-25-8-7-20(13)12(15(22)24-6)9-18-16(23)26-17(3,4)5/h11-13H,7-10H2,1-6H3,(H,18,23)(H,19,21). The molecule has 0 aromatic heterocycles. The van der Waals surface area contributed by atoms with Crippen LogP contribution in [0, 0.1) is 0 Å². The van der Waals surface area contributed by atoms with Gasteiger partial charge < -0.3 is 24.8 Å². The zero-order valence-corrected chi connectivity index (χ0v) is 16.5. The molecule has 26 heavy (non-hydrogen) atoms. The van der Waals surface area contributed by atoms with Crippen LogP contribution in [0.3, 0.4) is 0 Å². The van der Waals surface area contributed by atoms with Gasteiger partial charge in [-0.1, -0.05) is 0 Å². The Morgan fingerprint density at radius 1 is 1.27 bits per heavy atom. The number of esters is 1. The van der Waals surface area contributed by atoms with E-state index in [1.807, 2.05) is 13.8 Å². The van der Waals surface area contributed by atoms with Crippen LogP contribution in [0.2, 0.25) is 0 Å². The van der Waals surface area contributed by atoms with E-state index in [4.69, 9.17) is 14.2 Å². The largest absolute Gasteiger partial charge is 0.468 e. The maximum Gasteiger partial charge on any atom is 0.407 e. The van der Waals surface area contributed by atoms with Gasteiger partial charge in [-0.05, 0) is 34.6 Å². The van der Waals surface area contributed by atoms with E-state index in [1.165, 1.54) is 7.11 Å². The van der Waals surface area contributed by atoms with Crippen LogP contribution in [-0.4, -0.2) is 80.0 Å². The topological polar surface area (TPSA) is 106 Å². The lowest BCUT2D eigenvalue weighted by Crippen LogP contribution is -2.62. The zero-order chi connectivity index (χ0) is 19.9. The number of rotatable bonds is 6. The van der Waals surface area contributed by atoms with E-state index in [0.717, 1.165) is 0 Å². The third kappa shape index (κ3) is 7.17. The Morgan fingerprint density at radius 2 is 1.92 bits per heavy atom. The van der Waals surface area contributed by atoms with E-state index >= 15 is 0 Å². The Morgan fingerprint density at radius 3 is 2.46 bits per heavy atom. The number of nitrogens with one attached hydrogen (secondary N) is 2. The monoisotopic (exact) mass is 373 g/mol. The predicted molar refractivity (Wildman–Crippen MR) is 94.6 cm³/mol. The van der Waals surface area contributed by atoms with Crippen molar-refractivity contribution in [2.45, 2.75) is 58.3 Å². The third-order valence-electron chi connectivity index (χ3n) is 3.62. The number of hydrogen-bond donors (Lipinski definition) is 2. The van der Waals surface area contributed by atoms with Crippen molar-refractivity contribution in [3.05, 3.63) is 0 Å². The second-order valence-corrected chi connectivity index (χ2v) is 7.41. The van der Waals surface area contributed by atoms with E-state index in [1.54, 1.807) is 25.7 Å². The molecule has 0 aromatic rings. The summed E-state index contributed by atoms with van der Waals surface area (Å²) in [6, 6.07) is -1.50. The average molecular weight is 373 g/mol. The maximum atomic E-state index is 12.5. The van der Waals surface area contributed by atoms with Crippen LogP contribution >= 0.6 is 0 Å². The Hall–Kier alpha value is -1.87. The molecule has 0 spiro atoms. The summed E-state index contributed by atoms with van der Waals surface area (Å²) in [6.45, 7) is 9.83. The highest BCUT2D eigenvalue weighted by Gasteiger charge is 2.38. The van der Waals surface area contributed by atoms with E-state index < -0.39 is 29.7 Å². The Kier molecular flexibility index (Phi) is 8.29. The van der Waals surface area contributed by atoms with Gasteiger partial charge in [0.05, 0.1) is 20.3 Å². The lowest BCUT2D eigenvalue weighted by molar-refractivity contribution is -0.153. The first kappa shape index (κ1) is 22.2. The Labute approximate surface area is 154 Å². The highest BCUT2D eigenvalue weighted by atomic mass is 16.6. The summed E-state index contributed by atoms with van der Waals surface area (Å²) in [4.78, 5) is 38.3. The molecular formula is C17H31N3O6. The summed E-state index contributed by atoms with van der Waals surface area (Å²) in [6.07, 6.45) is -0.636. The highest BCUT2D eigenvalue weighted by molar-refractivity contribution is 5.84. The first-order valence-electron chi connectivity index (χ1n) is 8.73. The molecule has 150 valence electrons. The first-order valence-corrected chi connectivity index (χ1v) is 8.73. The second-order valence-electron chi connectivity index (χ2n) is 7.41. The molecule has 2 N–H and O–H groups in total. The molecule has 2 atom stereocenters. The van der Waals surface area contributed by atoms with Crippen molar-refractivity contribution >= 4 is 18.0 Å². The number of ether oxygens (including phenoxy) is 3. The fourth-order valence-corrected chi connectivity index (χ4v) is 2.56. The van der Waals surface area contributed by atoms with Crippen molar-refractivity contribution < 1.29 is 28.6 Å². The van der Waals surface area contributed by atoms with Crippen LogP contribution in [0.15, 0.2) is 0 Å². The number of carbonyl (C=O) groups excluding carboxylic acids is 3.